The molecule has 12 nitrogen and oxygen atoms in total. The first kappa shape index (κ1) is 31.7. The van der Waals surface area contributed by atoms with Gasteiger partial charge in [0.15, 0.2) is 17.4 Å². The van der Waals surface area contributed by atoms with Crippen LogP contribution in [0.4, 0.5) is 38.9 Å². The lowest BCUT2D eigenvalue weighted by Crippen LogP contribution is -2.44. The van der Waals surface area contributed by atoms with Crippen molar-refractivity contribution < 1.29 is 27.0 Å². The SMILES string of the molecule is COc1cc(N2CCN(C)CC2)c2cc1Nc1ncc(Cl)c(n1)Nc1cc(F)c(cc1N(C)S(C)(=O)=O)OCCCCCO2. The van der Waals surface area contributed by atoms with Crippen molar-refractivity contribution in [2.75, 3.05) is 86.7 Å². The molecule has 1 fully saturated rings. The highest BCUT2D eigenvalue weighted by molar-refractivity contribution is 7.92. The van der Waals surface area contributed by atoms with Gasteiger partial charge >= 0.3 is 0 Å². The van der Waals surface area contributed by atoms with Crippen molar-refractivity contribution in [2.24, 2.45) is 0 Å². The van der Waals surface area contributed by atoms with Crippen LogP contribution in [-0.2, 0) is 10.0 Å². The van der Waals surface area contributed by atoms with Gasteiger partial charge in [0.25, 0.3) is 0 Å². The number of piperazine rings is 1. The van der Waals surface area contributed by atoms with E-state index in [1.807, 2.05) is 12.1 Å². The van der Waals surface area contributed by atoms with Gasteiger partial charge in [0.2, 0.25) is 16.0 Å². The topological polar surface area (TPSA) is 121 Å². The summed E-state index contributed by atoms with van der Waals surface area (Å²) < 4.78 is 59.0. The van der Waals surface area contributed by atoms with Gasteiger partial charge in [-0.1, -0.05) is 11.6 Å². The summed E-state index contributed by atoms with van der Waals surface area (Å²) in [5.74, 6) is 0.837. The number of anilines is 6. The molecule has 0 saturated carbocycles. The summed E-state index contributed by atoms with van der Waals surface area (Å²) in [7, 11) is 1.36. The average molecular weight is 650 g/mol. The highest BCUT2D eigenvalue weighted by Gasteiger charge is 2.23. The number of nitrogens with zero attached hydrogens (tertiary/aromatic N) is 5. The zero-order valence-electron chi connectivity index (χ0n) is 25.2. The summed E-state index contributed by atoms with van der Waals surface area (Å²) in [4.78, 5) is 13.4. The fourth-order valence-electron chi connectivity index (χ4n) is 4.93. The number of rotatable bonds is 4. The average Bonchev–Trinajstić information content (AvgIpc) is 2.98. The normalized spacial score (nSPS) is 16.4. The minimum absolute atomic E-state index is 0.0636. The number of benzene rings is 2. The number of ether oxygens (including phenoxy) is 3. The lowest BCUT2D eigenvalue weighted by Gasteiger charge is -2.35. The van der Waals surface area contributed by atoms with E-state index >= 15 is 4.39 Å². The van der Waals surface area contributed by atoms with Gasteiger partial charge in [-0.05, 0) is 26.3 Å². The van der Waals surface area contributed by atoms with Crippen molar-refractivity contribution in [3.63, 3.8) is 0 Å². The van der Waals surface area contributed by atoms with Gasteiger partial charge in [-0.3, -0.25) is 4.31 Å². The van der Waals surface area contributed by atoms with Gasteiger partial charge in [0.05, 0.1) is 55.5 Å². The molecule has 3 aliphatic heterocycles. The largest absolute Gasteiger partial charge is 0.494 e. The van der Waals surface area contributed by atoms with E-state index in [1.54, 1.807) is 7.11 Å². The molecule has 0 amide bonds. The standard InChI is InChI=1S/C29H37ClFN7O5S/c1-36-8-10-38(11-9-36)24-17-26(41-3)22-15-27(24)43-13-7-5-6-12-42-25-16-23(37(2)44(4,39)40)21(14-20(25)31)33-28-19(30)18-32-29(34-22)35-28/h14-18H,5-13H2,1-4H3,(H2,32,33,34,35). The Balaban J connectivity index is 1.56. The van der Waals surface area contributed by atoms with Crippen molar-refractivity contribution in [1.82, 2.24) is 14.9 Å². The van der Waals surface area contributed by atoms with Crippen LogP contribution in [0, 0.1) is 5.82 Å². The molecule has 0 unspecified atom stereocenters. The Morgan fingerprint density at radius 1 is 1.00 bits per heavy atom. The zero-order valence-corrected chi connectivity index (χ0v) is 26.8. The third-order valence-corrected chi connectivity index (χ3v) is 9.03. The zero-order chi connectivity index (χ0) is 31.4. The minimum Gasteiger partial charge on any atom is -0.494 e. The van der Waals surface area contributed by atoms with Crippen LogP contribution < -0.4 is 34.0 Å². The van der Waals surface area contributed by atoms with Crippen molar-refractivity contribution in [3.05, 3.63) is 41.3 Å². The van der Waals surface area contributed by atoms with Crippen LogP contribution in [0.5, 0.6) is 17.2 Å². The first-order valence-electron chi connectivity index (χ1n) is 14.3. The van der Waals surface area contributed by atoms with Crippen LogP contribution in [0.2, 0.25) is 5.02 Å². The summed E-state index contributed by atoms with van der Waals surface area (Å²) >= 11 is 6.44. The van der Waals surface area contributed by atoms with Crippen LogP contribution in [0.3, 0.4) is 0 Å². The lowest BCUT2D eigenvalue weighted by molar-refractivity contribution is 0.271. The molecule has 0 radical (unpaired) electrons. The van der Waals surface area contributed by atoms with E-state index in [0.717, 1.165) is 61.3 Å². The molecule has 2 N–H and O–H groups in total. The minimum atomic E-state index is -3.70. The molecule has 15 heteroatoms. The van der Waals surface area contributed by atoms with E-state index in [0.29, 0.717) is 30.2 Å². The first-order valence-corrected chi connectivity index (χ1v) is 16.5. The molecule has 1 aromatic heterocycles. The molecule has 0 aliphatic carbocycles. The molecule has 44 heavy (non-hydrogen) atoms. The Morgan fingerprint density at radius 2 is 1.70 bits per heavy atom. The Bertz CT molecular complexity index is 1610. The first-order chi connectivity index (χ1) is 21.0. The van der Waals surface area contributed by atoms with Crippen LogP contribution in [0.1, 0.15) is 19.3 Å². The van der Waals surface area contributed by atoms with E-state index in [4.69, 9.17) is 25.8 Å². The molecule has 3 aromatic rings. The number of fused-ring (bicyclic) bond motifs is 8. The predicted molar refractivity (Wildman–Crippen MR) is 171 cm³/mol. The molecule has 1 saturated heterocycles. The summed E-state index contributed by atoms with van der Waals surface area (Å²) in [5.41, 5.74) is 1.80. The van der Waals surface area contributed by atoms with Gasteiger partial charge < -0.3 is 34.6 Å². The molecule has 238 valence electrons. The van der Waals surface area contributed by atoms with E-state index in [1.165, 1.54) is 19.3 Å². The second kappa shape index (κ2) is 13.5. The molecule has 2 aromatic carbocycles. The lowest BCUT2D eigenvalue weighted by atomic mass is 10.2. The van der Waals surface area contributed by atoms with Crippen LogP contribution in [0.15, 0.2) is 30.5 Å². The Kier molecular flexibility index (Phi) is 9.71. The summed E-state index contributed by atoms with van der Waals surface area (Å²) in [6.07, 6.45) is 4.62. The quantitative estimate of drug-likeness (QED) is 0.403. The highest BCUT2D eigenvalue weighted by Crippen LogP contribution is 2.41. The maximum Gasteiger partial charge on any atom is 0.232 e. The monoisotopic (exact) mass is 649 g/mol. The fourth-order valence-corrected chi connectivity index (χ4v) is 5.57. The number of hydrogen-bond donors (Lipinski definition) is 2. The van der Waals surface area contributed by atoms with Crippen molar-refractivity contribution in [3.8, 4) is 17.2 Å². The second-order valence-electron chi connectivity index (χ2n) is 10.7. The number of likely N-dealkylation sites (N-methyl/N-ethyl adjacent to an activating group) is 1. The number of sulfonamides is 1. The summed E-state index contributed by atoms with van der Waals surface area (Å²) in [6.45, 7) is 4.27. The Hall–Kier alpha value is -3.75. The van der Waals surface area contributed by atoms with Crippen molar-refractivity contribution >= 4 is 56.1 Å². The molecule has 6 rings (SSSR count). The van der Waals surface area contributed by atoms with Gasteiger partial charge in [-0.2, -0.15) is 4.98 Å². The molecule has 4 heterocycles. The van der Waals surface area contributed by atoms with Crippen LogP contribution >= 0.6 is 11.6 Å². The Labute approximate surface area is 262 Å². The van der Waals surface area contributed by atoms with E-state index in [2.05, 4.69) is 37.4 Å². The van der Waals surface area contributed by atoms with Crippen molar-refractivity contribution in [2.45, 2.75) is 19.3 Å². The van der Waals surface area contributed by atoms with Gasteiger partial charge in [0, 0.05) is 57.5 Å². The second-order valence-corrected chi connectivity index (χ2v) is 13.2. The van der Waals surface area contributed by atoms with Crippen LogP contribution in [0.25, 0.3) is 0 Å². The fraction of sp³-hybridized carbons (Fsp3) is 0.448. The smallest absolute Gasteiger partial charge is 0.232 e. The highest BCUT2D eigenvalue weighted by atomic mass is 35.5. The van der Waals surface area contributed by atoms with Gasteiger partial charge in [0.1, 0.15) is 16.5 Å². The van der Waals surface area contributed by atoms with E-state index in [-0.39, 0.29) is 40.5 Å². The van der Waals surface area contributed by atoms with E-state index in [9.17, 15) is 8.42 Å². The number of methoxy groups -OCH3 is 1. The molecular formula is C29H37ClFN7O5S. The molecule has 3 aliphatic rings. The molecular weight excluding hydrogens is 613 g/mol. The predicted octanol–water partition coefficient (Wildman–Crippen LogP) is 4.85. The number of halogens is 2. The van der Waals surface area contributed by atoms with Crippen LogP contribution in [-0.4, -0.2) is 90.1 Å². The van der Waals surface area contributed by atoms with Crippen molar-refractivity contribution in [1.29, 1.82) is 0 Å². The summed E-state index contributed by atoms with van der Waals surface area (Å²) in [5, 5.41) is 6.31. The summed E-state index contributed by atoms with van der Waals surface area (Å²) in [6, 6.07) is 6.33. The third kappa shape index (κ3) is 7.30. The number of aromatic nitrogens is 2. The number of nitrogens with one attached hydrogen (secondary N) is 2. The van der Waals surface area contributed by atoms with E-state index < -0.39 is 15.8 Å². The third-order valence-electron chi connectivity index (χ3n) is 7.56. The molecule has 6 bridgehead atoms. The maximum atomic E-state index is 15.2. The molecule has 0 atom stereocenters. The number of hydrogen-bond acceptors (Lipinski definition) is 11. The molecule has 0 spiro atoms. The maximum absolute atomic E-state index is 15.2. The van der Waals surface area contributed by atoms with Gasteiger partial charge in [-0.25, -0.2) is 17.8 Å². The Morgan fingerprint density at radius 3 is 2.39 bits per heavy atom. The van der Waals surface area contributed by atoms with Gasteiger partial charge in [-0.15, -0.1) is 0 Å².